The fourth-order valence-electron chi connectivity index (χ4n) is 0.835. The van der Waals surface area contributed by atoms with Gasteiger partial charge in [-0.1, -0.05) is 6.07 Å². The van der Waals surface area contributed by atoms with Gasteiger partial charge < -0.3 is 5.32 Å². The van der Waals surface area contributed by atoms with Crippen LogP contribution in [0.2, 0.25) is 0 Å². The van der Waals surface area contributed by atoms with Crippen molar-refractivity contribution in [3.8, 4) is 0 Å². The Hall–Kier alpha value is -1.47. The van der Waals surface area contributed by atoms with Crippen LogP contribution >= 0.6 is 0 Å². The van der Waals surface area contributed by atoms with E-state index in [1.807, 2.05) is 0 Å². The molecule has 1 heterocycles. The van der Waals surface area contributed by atoms with E-state index in [1.165, 1.54) is 12.3 Å². The van der Waals surface area contributed by atoms with Gasteiger partial charge in [0.1, 0.15) is 5.69 Å². The van der Waals surface area contributed by atoms with Crippen molar-refractivity contribution in [2.45, 2.75) is 0 Å². The zero-order valence-electron chi connectivity index (χ0n) is 8.10. The molecule has 1 aromatic heterocycles. The summed E-state index contributed by atoms with van der Waals surface area (Å²) in [5, 5.41) is 2.36. The molecule has 15 heavy (non-hydrogen) atoms. The van der Waals surface area contributed by atoms with Crippen molar-refractivity contribution in [2.24, 2.45) is 0 Å². The number of aromatic nitrogens is 1. The number of nitrogens with one attached hydrogen (secondary N) is 2. The van der Waals surface area contributed by atoms with Gasteiger partial charge >= 0.3 is 0 Å². The Labute approximate surface area is 87.8 Å². The van der Waals surface area contributed by atoms with E-state index in [-0.39, 0.29) is 12.4 Å². The third-order valence-electron chi connectivity index (χ3n) is 1.48. The van der Waals surface area contributed by atoms with E-state index in [1.54, 1.807) is 12.1 Å². The van der Waals surface area contributed by atoms with Gasteiger partial charge in [-0.25, -0.2) is 8.42 Å². The number of amides is 1. The molecule has 0 aliphatic carbocycles. The van der Waals surface area contributed by atoms with Crippen molar-refractivity contribution < 1.29 is 13.2 Å². The molecule has 0 aliphatic heterocycles. The molecule has 1 amide bonds. The zero-order chi connectivity index (χ0) is 11.3. The summed E-state index contributed by atoms with van der Waals surface area (Å²) < 4.78 is 23.5. The maximum Gasteiger partial charge on any atom is 0.270 e. The van der Waals surface area contributed by atoms with Gasteiger partial charge in [-0.3, -0.25) is 9.78 Å². The molecule has 2 N–H and O–H groups in total. The van der Waals surface area contributed by atoms with Crippen LogP contribution in [0, 0.1) is 0 Å². The quantitative estimate of drug-likeness (QED) is 0.669. The average Bonchev–Trinajstić information content (AvgIpc) is 2.17. The van der Waals surface area contributed by atoms with Gasteiger partial charge in [0.25, 0.3) is 5.91 Å². The predicted molar refractivity (Wildman–Crippen MR) is 54.5 cm³/mol. The molecule has 82 valence electrons. The van der Waals surface area contributed by atoms with Crippen LogP contribution in [0.4, 0.5) is 0 Å². The van der Waals surface area contributed by atoms with Crippen molar-refractivity contribution in [1.29, 1.82) is 0 Å². The zero-order valence-corrected chi connectivity index (χ0v) is 8.91. The molecule has 0 saturated heterocycles. The lowest BCUT2D eigenvalue weighted by molar-refractivity contribution is 0.0948. The SMILES string of the molecule is CS(=O)(=O)NCNC(=O)c1ccccn1. The molecule has 0 saturated carbocycles. The number of rotatable bonds is 4. The lowest BCUT2D eigenvalue weighted by Crippen LogP contribution is -2.36. The van der Waals surface area contributed by atoms with Crippen LogP contribution in [0.3, 0.4) is 0 Å². The lowest BCUT2D eigenvalue weighted by atomic mass is 10.3. The van der Waals surface area contributed by atoms with E-state index in [0.29, 0.717) is 0 Å². The summed E-state index contributed by atoms with van der Waals surface area (Å²) in [6.45, 7) is -0.145. The highest BCUT2D eigenvalue weighted by molar-refractivity contribution is 7.88. The number of hydrogen-bond acceptors (Lipinski definition) is 4. The van der Waals surface area contributed by atoms with Crippen LogP contribution < -0.4 is 10.0 Å². The van der Waals surface area contributed by atoms with E-state index in [9.17, 15) is 13.2 Å². The number of pyridine rings is 1. The molecule has 7 heteroatoms. The van der Waals surface area contributed by atoms with Crippen molar-refractivity contribution in [3.63, 3.8) is 0 Å². The molecule has 0 aliphatic rings. The Morgan fingerprint density at radius 3 is 2.73 bits per heavy atom. The molecular formula is C8H11N3O3S. The normalized spacial score (nSPS) is 11.0. The largest absolute Gasteiger partial charge is 0.337 e. The van der Waals surface area contributed by atoms with E-state index in [4.69, 9.17) is 0 Å². The Kier molecular flexibility index (Phi) is 3.75. The van der Waals surface area contributed by atoms with Crippen LogP contribution in [-0.4, -0.2) is 32.2 Å². The fourth-order valence-corrected chi connectivity index (χ4v) is 1.17. The smallest absolute Gasteiger partial charge is 0.270 e. The van der Waals surface area contributed by atoms with Gasteiger partial charge in [-0.05, 0) is 12.1 Å². The second kappa shape index (κ2) is 4.85. The second-order valence-corrected chi connectivity index (χ2v) is 4.65. The fraction of sp³-hybridized carbons (Fsp3) is 0.250. The van der Waals surface area contributed by atoms with E-state index in [0.717, 1.165) is 6.26 Å². The van der Waals surface area contributed by atoms with E-state index < -0.39 is 15.9 Å². The molecule has 0 bridgehead atoms. The van der Waals surface area contributed by atoms with Crippen LogP contribution in [0.25, 0.3) is 0 Å². The topological polar surface area (TPSA) is 88.2 Å². The first-order valence-electron chi connectivity index (χ1n) is 4.13. The highest BCUT2D eigenvalue weighted by Gasteiger charge is 2.06. The van der Waals surface area contributed by atoms with Crippen LogP contribution in [0.1, 0.15) is 10.5 Å². The standard InChI is InChI=1S/C8H11N3O3S/c1-15(13,14)11-6-10-8(12)7-4-2-3-5-9-7/h2-5,11H,6H2,1H3,(H,10,12). The van der Waals surface area contributed by atoms with Crippen molar-refractivity contribution in [1.82, 2.24) is 15.0 Å². The van der Waals surface area contributed by atoms with Crippen molar-refractivity contribution >= 4 is 15.9 Å². The van der Waals surface area contributed by atoms with Crippen LogP contribution in [0.15, 0.2) is 24.4 Å². The molecule has 1 aromatic rings. The Bertz CT molecular complexity index is 430. The predicted octanol–water partition coefficient (Wildman–Crippen LogP) is -0.682. The Balaban J connectivity index is 2.45. The van der Waals surface area contributed by atoms with Gasteiger partial charge in [0.15, 0.2) is 0 Å². The Morgan fingerprint density at radius 2 is 2.20 bits per heavy atom. The molecular weight excluding hydrogens is 218 g/mol. The molecule has 0 radical (unpaired) electrons. The minimum Gasteiger partial charge on any atom is -0.337 e. The highest BCUT2D eigenvalue weighted by Crippen LogP contribution is 1.91. The number of sulfonamides is 1. The van der Waals surface area contributed by atoms with Gasteiger partial charge in [0.05, 0.1) is 12.9 Å². The third-order valence-corrected chi connectivity index (χ3v) is 2.15. The number of hydrogen-bond donors (Lipinski definition) is 2. The lowest BCUT2D eigenvalue weighted by Gasteiger charge is -2.04. The molecule has 0 spiro atoms. The molecule has 0 atom stereocenters. The summed E-state index contributed by atoms with van der Waals surface area (Å²) >= 11 is 0. The molecule has 0 unspecified atom stereocenters. The van der Waals surface area contributed by atoms with Gasteiger partial charge in [0, 0.05) is 6.20 Å². The maximum atomic E-state index is 11.3. The Morgan fingerprint density at radius 1 is 1.47 bits per heavy atom. The van der Waals surface area contributed by atoms with Gasteiger partial charge in [-0.15, -0.1) is 0 Å². The van der Waals surface area contributed by atoms with Crippen LogP contribution in [-0.2, 0) is 10.0 Å². The second-order valence-electron chi connectivity index (χ2n) is 2.81. The number of carbonyl (C=O) groups is 1. The minimum atomic E-state index is -3.29. The first-order chi connectivity index (χ1) is 6.99. The maximum absolute atomic E-state index is 11.3. The minimum absolute atomic E-state index is 0.145. The summed E-state index contributed by atoms with van der Waals surface area (Å²) in [7, 11) is -3.29. The monoisotopic (exact) mass is 229 g/mol. The van der Waals surface area contributed by atoms with Crippen LogP contribution in [0.5, 0.6) is 0 Å². The average molecular weight is 229 g/mol. The summed E-state index contributed by atoms with van der Waals surface area (Å²) in [5.41, 5.74) is 0.243. The van der Waals surface area contributed by atoms with Crippen molar-refractivity contribution in [2.75, 3.05) is 12.9 Å². The number of nitrogens with zero attached hydrogens (tertiary/aromatic N) is 1. The molecule has 1 rings (SSSR count). The summed E-state index contributed by atoms with van der Waals surface area (Å²) in [5.74, 6) is -0.424. The molecule has 6 nitrogen and oxygen atoms in total. The summed E-state index contributed by atoms with van der Waals surface area (Å²) in [4.78, 5) is 15.1. The molecule has 0 aromatic carbocycles. The first kappa shape index (κ1) is 11.6. The van der Waals surface area contributed by atoms with E-state index in [2.05, 4.69) is 15.0 Å². The number of carbonyl (C=O) groups excluding carboxylic acids is 1. The van der Waals surface area contributed by atoms with Gasteiger partial charge in [-0.2, -0.15) is 4.72 Å². The van der Waals surface area contributed by atoms with Gasteiger partial charge in [0.2, 0.25) is 10.0 Å². The van der Waals surface area contributed by atoms with E-state index >= 15 is 0 Å². The first-order valence-corrected chi connectivity index (χ1v) is 6.02. The molecule has 0 fully saturated rings. The highest BCUT2D eigenvalue weighted by atomic mass is 32.2. The summed E-state index contributed by atoms with van der Waals surface area (Å²) in [6.07, 6.45) is 2.50. The third kappa shape index (κ3) is 4.52. The summed E-state index contributed by atoms with van der Waals surface area (Å²) in [6, 6.07) is 4.90. The van der Waals surface area contributed by atoms with Crippen molar-refractivity contribution in [3.05, 3.63) is 30.1 Å².